The summed E-state index contributed by atoms with van der Waals surface area (Å²) < 4.78 is 1.55. The van der Waals surface area contributed by atoms with E-state index in [0.717, 1.165) is 32.4 Å². The normalized spacial score (nSPS) is 21.3. The minimum atomic E-state index is -0.407. The lowest BCUT2D eigenvalue weighted by molar-refractivity contribution is -0.136. The summed E-state index contributed by atoms with van der Waals surface area (Å²) in [4.78, 5) is 41.3. The summed E-state index contributed by atoms with van der Waals surface area (Å²) in [7, 11) is 0. The highest BCUT2D eigenvalue weighted by atomic mass is 16.2. The van der Waals surface area contributed by atoms with Crippen LogP contribution >= 0.6 is 0 Å². The number of likely N-dealkylation sites (tertiary alicyclic amines) is 2. The molecule has 0 N–H and O–H groups in total. The Balaban J connectivity index is 1.31. The van der Waals surface area contributed by atoms with Crippen molar-refractivity contribution in [3.8, 4) is 0 Å². The molecule has 2 fully saturated rings. The number of amides is 2. The van der Waals surface area contributed by atoms with Crippen molar-refractivity contribution in [3.63, 3.8) is 0 Å². The second-order valence-electron chi connectivity index (χ2n) is 8.11. The van der Waals surface area contributed by atoms with Gasteiger partial charge in [-0.25, -0.2) is 0 Å². The first-order valence-electron chi connectivity index (χ1n) is 10.3. The molecule has 1 atom stereocenters. The maximum atomic E-state index is 13.1. The number of hydrogen-bond acceptors (Lipinski definition) is 3. The second kappa shape index (κ2) is 8.23. The van der Waals surface area contributed by atoms with Crippen LogP contribution in [0.2, 0.25) is 0 Å². The average Bonchev–Trinajstić information content (AvgIpc) is 3.31. The standard InChI is InChI=1S/C23H27N3O3/c27-20-8-4-5-13-24(20)15-10-21(28)26-17-12-23(18-26)11-16-25(22(23)29)14-9-19-6-2-1-3-7-19/h1-8,13H,9-12,14-18H2. The van der Waals surface area contributed by atoms with Crippen molar-refractivity contribution in [3.05, 3.63) is 70.6 Å². The van der Waals surface area contributed by atoms with E-state index in [-0.39, 0.29) is 23.8 Å². The molecule has 6 heteroatoms. The van der Waals surface area contributed by atoms with Gasteiger partial charge in [-0.1, -0.05) is 36.4 Å². The van der Waals surface area contributed by atoms with E-state index in [1.807, 2.05) is 28.0 Å². The van der Waals surface area contributed by atoms with Crippen LogP contribution in [-0.4, -0.2) is 52.4 Å². The highest BCUT2D eigenvalue weighted by Gasteiger charge is 2.51. The molecule has 6 nitrogen and oxygen atoms in total. The zero-order valence-electron chi connectivity index (χ0n) is 16.6. The first-order chi connectivity index (χ1) is 14.1. The lowest BCUT2D eigenvalue weighted by Crippen LogP contribution is -2.39. The average molecular weight is 393 g/mol. The molecule has 0 bridgehead atoms. The molecular formula is C23H27N3O3. The van der Waals surface area contributed by atoms with Gasteiger partial charge in [-0.3, -0.25) is 14.4 Å². The van der Waals surface area contributed by atoms with E-state index in [2.05, 4.69) is 12.1 Å². The van der Waals surface area contributed by atoms with Crippen molar-refractivity contribution in [2.75, 3.05) is 26.2 Å². The number of pyridine rings is 1. The number of carbonyl (C=O) groups excluding carboxylic acids is 2. The molecule has 1 spiro atoms. The van der Waals surface area contributed by atoms with Crippen molar-refractivity contribution in [2.24, 2.45) is 5.41 Å². The first-order valence-corrected chi connectivity index (χ1v) is 10.3. The number of aromatic nitrogens is 1. The molecule has 0 saturated carbocycles. The van der Waals surface area contributed by atoms with Gasteiger partial charge >= 0.3 is 0 Å². The molecule has 1 unspecified atom stereocenters. The van der Waals surface area contributed by atoms with E-state index in [9.17, 15) is 14.4 Å². The lowest BCUT2D eigenvalue weighted by Gasteiger charge is -2.24. The van der Waals surface area contributed by atoms with Crippen molar-refractivity contribution < 1.29 is 9.59 Å². The van der Waals surface area contributed by atoms with Gasteiger partial charge in [-0.2, -0.15) is 0 Å². The topological polar surface area (TPSA) is 62.6 Å². The molecule has 2 amide bonds. The van der Waals surface area contributed by atoms with Crippen LogP contribution < -0.4 is 5.56 Å². The zero-order valence-corrected chi connectivity index (χ0v) is 16.6. The number of hydrogen-bond donors (Lipinski definition) is 0. The molecule has 0 radical (unpaired) electrons. The summed E-state index contributed by atoms with van der Waals surface area (Å²) in [5, 5.41) is 0. The predicted octanol–water partition coefficient (Wildman–Crippen LogP) is 1.93. The highest BCUT2D eigenvalue weighted by Crippen LogP contribution is 2.40. The molecule has 4 rings (SSSR count). The van der Waals surface area contributed by atoms with E-state index < -0.39 is 5.41 Å². The fourth-order valence-corrected chi connectivity index (χ4v) is 4.50. The number of aryl methyl sites for hydroxylation is 1. The third-order valence-electron chi connectivity index (χ3n) is 6.29. The molecule has 1 aromatic carbocycles. The third-order valence-corrected chi connectivity index (χ3v) is 6.29. The van der Waals surface area contributed by atoms with Crippen molar-refractivity contribution in [1.29, 1.82) is 0 Å². The molecule has 2 saturated heterocycles. The summed E-state index contributed by atoms with van der Waals surface area (Å²) in [5.74, 6) is 0.219. The molecule has 29 heavy (non-hydrogen) atoms. The maximum absolute atomic E-state index is 13.1. The SMILES string of the molecule is O=C(CCn1ccccc1=O)N1CCC2(CCN(CCc3ccccc3)C2=O)C1. The summed E-state index contributed by atoms with van der Waals surface area (Å²) in [5.41, 5.74) is 0.731. The number of carbonyl (C=O) groups is 2. The van der Waals surface area contributed by atoms with E-state index in [0.29, 0.717) is 19.6 Å². The van der Waals surface area contributed by atoms with Crippen LogP contribution in [0.4, 0.5) is 0 Å². The van der Waals surface area contributed by atoms with Crippen LogP contribution in [0.3, 0.4) is 0 Å². The van der Waals surface area contributed by atoms with Crippen molar-refractivity contribution in [1.82, 2.24) is 14.4 Å². The van der Waals surface area contributed by atoms with Crippen LogP contribution in [0.1, 0.15) is 24.8 Å². The van der Waals surface area contributed by atoms with Crippen molar-refractivity contribution in [2.45, 2.75) is 32.2 Å². The Morgan fingerprint density at radius 1 is 0.931 bits per heavy atom. The minimum Gasteiger partial charge on any atom is -0.342 e. The summed E-state index contributed by atoms with van der Waals surface area (Å²) in [6.07, 6.45) is 4.41. The van der Waals surface area contributed by atoms with Crippen LogP contribution in [0, 0.1) is 5.41 Å². The number of rotatable bonds is 6. The largest absolute Gasteiger partial charge is 0.342 e. The molecule has 0 aliphatic carbocycles. The molecule has 152 valence electrons. The van der Waals surface area contributed by atoms with Gasteiger partial charge in [0, 0.05) is 51.4 Å². The first kappa shape index (κ1) is 19.4. The number of nitrogens with zero attached hydrogens (tertiary/aromatic N) is 3. The molecule has 2 aliphatic heterocycles. The van der Waals surface area contributed by atoms with Gasteiger partial charge < -0.3 is 14.4 Å². The Morgan fingerprint density at radius 3 is 2.48 bits per heavy atom. The lowest BCUT2D eigenvalue weighted by atomic mass is 9.85. The van der Waals surface area contributed by atoms with Crippen LogP contribution in [0.25, 0.3) is 0 Å². The van der Waals surface area contributed by atoms with Gasteiger partial charge in [0.05, 0.1) is 5.41 Å². The van der Waals surface area contributed by atoms with Gasteiger partial charge in [-0.15, -0.1) is 0 Å². The fraction of sp³-hybridized carbons (Fsp3) is 0.435. The van der Waals surface area contributed by atoms with E-state index in [1.165, 1.54) is 11.6 Å². The summed E-state index contributed by atoms with van der Waals surface area (Å²) in [6, 6.07) is 15.2. The summed E-state index contributed by atoms with van der Waals surface area (Å²) in [6.45, 7) is 3.01. The zero-order chi connectivity index (χ0) is 20.3. The van der Waals surface area contributed by atoms with Crippen LogP contribution in [0.5, 0.6) is 0 Å². The Hall–Kier alpha value is -2.89. The van der Waals surface area contributed by atoms with Gasteiger partial charge in [0.1, 0.15) is 0 Å². The molecule has 1 aromatic heterocycles. The Bertz CT molecular complexity index is 940. The smallest absolute Gasteiger partial charge is 0.250 e. The Morgan fingerprint density at radius 2 is 1.69 bits per heavy atom. The van der Waals surface area contributed by atoms with Gasteiger partial charge in [0.15, 0.2) is 0 Å². The Kier molecular flexibility index (Phi) is 5.51. The van der Waals surface area contributed by atoms with Crippen LogP contribution in [-0.2, 0) is 22.6 Å². The molecular weight excluding hydrogens is 366 g/mol. The van der Waals surface area contributed by atoms with E-state index >= 15 is 0 Å². The molecule has 2 aliphatic rings. The second-order valence-corrected chi connectivity index (χ2v) is 8.11. The molecule has 3 heterocycles. The Labute approximate surface area is 170 Å². The quantitative estimate of drug-likeness (QED) is 0.753. The van der Waals surface area contributed by atoms with Crippen LogP contribution in [0.15, 0.2) is 59.5 Å². The number of benzene rings is 1. The van der Waals surface area contributed by atoms with Crippen molar-refractivity contribution >= 4 is 11.8 Å². The highest BCUT2D eigenvalue weighted by molar-refractivity contribution is 5.87. The minimum absolute atomic E-state index is 0.0214. The maximum Gasteiger partial charge on any atom is 0.250 e. The van der Waals surface area contributed by atoms with Gasteiger partial charge in [-0.05, 0) is 30.9 Å². The predicted molar refractivity (Wildman–Crippen MR) is 110 cm³/mol. The van der Waals surface area contributed by atoms with Gasteiger partial charge in [0.2, 0.25) is 11.8 Å². The van der Waals surface area contributed by atoms with E-state index in [4.69, 9.17) is 0 Å². The summed E-state index contributed by atoms with van der Waals surface area (Å²) >= 11 is 0. The fourth-order valence-electron chi connectivity index (χ4n) is 4.50. The van der Waals surface area contributed by atoms with Gasteiger partial charge in [0.25, 0.3) is 5.56 Å². The third kappa shape index (κ3) is 4.11. The monoisotopic (exact) mass is 393 g/mol. The van der Waals surface area contributed by atoms with E-state index in [1.54, 1.807) is 22.9 Å². The molecule has 2 aromatic rings.